The molecule has 0 aromatic heterocycles. The van der Waals surface area contributed by atoms with E-state index in [1.165, 1.54) is 17.0 Å². The van der Waals surface area contributed by atoms with E-state index in [-0.39, 0.29) is 17.1 Å². The Labute approximate surface area is 218 Å². The van der Waals surface area contributed by atoms with E-state index in [2.05, 4.69) is 18.7 Å². The molecule has 2 fully saturated rings. The first kappa shape index (κ1) is 26.7. The fourth-order valence-corrected chi connectivity index (χ4v) is 4.80. The molecule has 2 N–H and O–H groups in total. The van der Waals surface area contributed by atoms with Crippen LogP contribution in [0.4, 0.5) is 0 Å². The van der Waals surface area contributed by atoms with Gasteiger partial charge in [-0.25, -0.2) is 0 Å². The Bertz CT molecular complexity index is 1150. The zero-order valence-electron chi connectivity index (χ0n) is 21.8. The van der Waals surface area contributed by atoms with Gasteiger partial charge in [-0.1, -0.05) is 26.0 Å². The highest BCUT2D eigenvalue weighted by Gasteiger charge is 2.46. The van der Waals surface area contributed by atoms with Gasteiger partial charge in [0.15, 0.2) is 0 Å². The van der Waals surface area contributed by atoms with Crippen molar-refractivity contribution in [2.24, 2.45) is 5.92 Å². The van der Waals surface area contributed by atoms with Crippen molar-refractivity contribution >= 4 is 17.4 Å². The number of ether oxygens (including phenoxy) is 2. The Morgan fingerprint density at radius 3 is 2.43 bits per heavy atom. The number of benzene rings is 2. The van der Waals surface area contributed by atoms with Gasteiger partial charge in [-0.05, 0) is 60.7 Å². The molecule has 2 aliphatic rings. The summed E-state index contributed by atoms with van der Waals surface area (Å²) in [6, 6.07) is 11.0. The number of aryl methyl sites for hydroxylation is 1. The molecular formula is C29H36N2O6. The number of morpholine rings is 1. The van der Waals surface area contributed by atoms with E-state index in [0.717, 1.165) is 25.2 Å². The maximum absolute atomic E-state index is 13.3. The van der Waals surface area contributed by atoms with Crippen LogP contribution in [0.5, 0.6) is 11.5 Å². The molecule has 0 bridgehead atoms. The molecule has 2 aromatic rings. The van der Waals surface area contributed by atoms with Crippen LogP contribution in [-0.2, 0) is 14.3 Å². The van der Waals surface area contributed by atoms with E-state index >= 15 is 0 Å². The summed E-state index contributed by atoms with van der Waals surface area (Å²) >= 11 is 0. The molecule has 0 saturated carbocycles. The van der Waals surface area contributed by atoms with Gasteiger partial charge in [-0.15, -0.1) is 0 Å². The molecular weight excluding hydrogens is 472 g/mol. The smallest absolute Gasteiger partial charge is 0.295 e. The van der Waals surface area contributed by atoms with Crippen molar-refractivity contribution in [2.75, 3.05) is 46.0 Å². The lowest BCUT2D eigenvalue weighted by Crippen LogP contribution is -2.38. The zero-order valence-corrected chi connectivity index (χ0v) is 21.8. The average Bonchev–Trinajstić information content (AvgIpc) is 3.13. The number of carbonyl (C=O) groups excluding carboxylic acids is 2. The van der Waals surface area contributed by atoms with Crippen LogP contribution >= 0.6 is 0 Å². The van der Waals surface area contributed by atoms with Crippen LogP contribution in [0, 0.1) is 12.8 Å². The molecule has 2 aliphatic heterocycles. The number of rotatable bonds is 9. The number of ketones is 1. The van der Waals surface area contributed by atoms with Crippen molar-refractivity contribution in [3.63, 3.8) is 0 Å². The van der Waals surface area contributed by atoms with Crippen LogP contribution in [0.25, 0.3) is 5.76 Å². The monoisotopic (exact) mass is 508 g/mol. The number of nitrogens with zero attached hydrogens (tertiary/aromatic N) is 2. The Kier molecular flexibility index (Phi) is 8.51. The fraction of sp³-hybridized carbons (Fsp3) is 0.448. The molecule has 8 nitrogen and oxygen atoms in total. The molecule has 0 unspecified atom stereocenters. The van der Waals surface area contributed by atoms with Crippen molar-refractivity contribution in [1.29, 1.82) is 0 Å². The molecule has 2 aromatic carbocycles. The van der Waals surface area contributed by atoms with Crippen molar-refractivity contribution in [3.05, 3.63) is 64.7 Å². The minimum absolute atomic E-state index is 0.0565. The standard InChI is InChI=1S/C29H36N2O6/c1-19(2)18-37-23-9-10-24(20(3)17-23)27(33)25-26(21-5-7-22(32)8-6-21)31(29(35)28(25)34)12-4-11-30-13-15-36-16-14-30/h5-10,17,19,26,32-33H,4,11-16,18H2,1-3H3/b27-25+/t26-/m1/s1. The summed E-state index contributed by atoms with van der Waals surface area (Å²) in [5, 5.41) is 21.2. The first-order valence-corrected chi connectivity index (χ1v) is 12.9. The molecule has 0 radical (unpaired) electrons. The highest BCUT2D eigenvalue weighted by atomic mass is 16.5. The van der Waals surface area contributed by atoms with Gasteiger partial charge in [-0.2, -0.15) is 0 Å². The van der Waals surface area contributed by atoms with Gasteiger partial charge in [0.25, 0.3) is 11.7 Å². The first-order valence-electron chi connectivity index (χ1n) is 12.9. The van der Waals surface area contributed by atoms with Gasteiger partial charge in [0.05, 0.1) is 31.4 Å². The minimum Gasteiger partial charge on any atom is -0.508 e. The van der Waals surface area contributed by atoms with Crippen molar-refractivity contribution < 1.29 is 29.3 Å². The van der Waals surface area contributed by atoms with Crippen molar-refractivity contribution in [2.45, 2.75) is 33.2 Å². The summed E-state index contributed by atoms with van der Waals surface area (Å²) in [6.45, 7) is 10.8. The summed E-state index contributed by atoms with van der Waals surface area (Å²) in [5.41, 5.74) is 1.93. The number of carbonyl (C=O) groups is 2. The summed E-state index contributed by atoms with van der Waals surface area (Å²) in [6.07, 6.45) is 0.683. The van der Waals surface area contributed by atoms with Gasteiger partial charge >= 0.3 is 0 Å². The van der Waals surface area contributed by atoms with Crippen LogP contribution in [0.2, 0.25) is 0 Å². The summed E-state index contributed by atoms with van der Waals surface area (Å²) in [7, 11) is 0. The molecule has 2 heterocycles. The van der Waals surface area contributed by atoms with E-state index in [1.807, 2.05) is 13.0 Å². The molecule has 0 spiro atoms. The molecule has 1 amide bonds. The van der Waals surface area contributed by atoms with Crippen LogP contribution in [0.15, 0.2) is 48.0 Å². The van der Waals surface area contributed by atoms with E-state index < -0.39 is 17.7 Å². The fourth-order valence-electron chi connectivity index (χ4n) is 4.80. The van der Waals surface area contributed by atoms with Crippen LogP contribution in [0.3, 0.4) is 0 Å². The van der Waals surface area contributed by atoms with Crippen molar-refractivity contribution in [1.82, 2.24) is 9.80 Å². The van der Waals surface area contributed by atoms with E-state index in [9.17, 15) is 19.8 Å². The number of likely N-dealkylation sites (tertiary alicyclic amines) is 1. The highest BCUT2D eigenvalue weighted by Crippen LogP contribution is 2.40. The average molecular weight is 509 g/mol. The molecule has 198 valence electrons. The largest absolute Gasteiger partial charge is 0.508 e. The molecule has 37 heavy (non-hydrogen) atoms. The molecule has 1 atom stereocenters. The number of hydrogen-bond donors (Lipinski definition) is 2. The van der Waals surface area contributed by atoms with E-state index in [1.54, 1.807) is 24.3 Å². The molecule has 0 aliphatic carbocycles. The Morgan fingerprint density at radius 2 is 1.78 bits per heavy atom. The normalized spacial score (nSPS) is 20.1. The topological polar surface area (TPSA) is 99.5 Å². The van der Waals surface area contributed by atoms with Crippen LogP contribution in [0.1, 0.15) is 43.0 Å². The number of aliphatic hydroxyl groups is 1. The van der Waals surface area contributed by atoms with Gasteiger partial charge in [-0.3, -0.25) is 14.5 Å². The molecule has 8 heteroatoms. The third-order valence-electron chi connectivity index (χ3n) is 6.76. The van der Waals surface area contributed by atoms with Gasteiger partial charge < -0.3 is 24.6 Å². The molecule has 4 rings (SSSR count). The van der Waals surface area contributed by atoms with Gasteiger partial charge in [0.2, 0.25) is 0 Å². The van der Waals surface area contributed by atoms with Gasteiger partial charge in [0, 0.05) is 31.7 Å². The number of aliphatic hydroxyl groups excluding tert-OH is 1. The minimum atomic E-state index is -0.749. The highest BCUT2D eigenvalue weighted by molar-refractivity contribution is 6.46. The second-order valence-electron chi connectivity index (χ2n) is 10.1. The van der Waals surface area contributed by atoms with Gasteiger partial charge in [0.1, 0.15) is 17.3 Å². The summed E-state index contributed by atoms with van der Waals surface area (Å²) < 4.78 is 11.2. The zero-order chi connectivity index (χ0) is 26.5. The number of Topliss-reactive ketones (excluding diaryl/α,β-unsaturated/α-hetero) is 1. The first-order chi connectivity index (χ1) is 17.8. The Hall–Kier alpha value is -3.36. The number of phenolic OH excluding ortho intramolecular Hbond substituents is 1. The third kappa shape index (κ3) is 6.14. The number of aromatic hydroxyl groups is 1. The Balaban J connectivity index is 1.65. The van der Waals surface area contributed by atoms with E-state index in [0.29, 0.717) is 55.6 Å². The SMILES string of the molecule is Cc1cc(OCC(C)C)ccc1/C(O)=C1\C(=O)C(=O)N(CCCN2CCOCC2)[C@@H]1c1ccc(O)cc1. The number of hydrogen-bond acceptors (Lipinski definition) is 7. The predicted octanol–water partition coefficient (Wildman–Crippen LogP) is 3.88. The quantitative estimate of drug-likeness (QED) is 0.301. The second kappa shape index (κ2) is 11.8. The molecule has 2 saturated heterocycles. The maximum atomic E-state index is 13.3. The Morgan fingerprint density at radius 1 is 1.08 bits per heavy atom. The van der Waals surface area contributed by atoms with Crippen LogP contribution in [-0.4, -0.2) is 77.7 Å². The van der Waals surface area contributed by atoms with Crippen LogP contribution < -0.4 is 4.74 Å². The maximum Gasteiger partial charge on any atom is 0.295 e. The lowest BCUT2D eigenvalue weighted by Gasteiger charge is -2.29. The summed E-state index contributed by atoms with van der Waals surface area (Å²) in [4.78, 5) is 30.3. The van der Waals surface area contributed by atoms with Crippen molar-refractivity contribution in [3.8, 4) is 11.5 Å². The lowest BCUT2D eigenvalue weighted by molar-refractivity contribution is -0.140. The number of phenols is 1. The lowest BCUT2D eigenvalue weighted by atomic mass is 9.93. The number of amides is 1. The summed E-state index contributed by atoms with van der Waals surface area (Å²) in [5.74, 6) is -0.405. The third-order valence-corrected chi connectivity index (χ3v) is 6.76. The second-order valence-corrected chi connectivity index (χ2v) is 10.1. The predicted molar refractivity (Wildman–Crippen MR) is 141 cm³/mol. The van der Waals surface area contributed by atoms with E-state index in [4.69, 9.17) is 9.47 Å².